The van der Waals surface area contributed by atoms with Gasteiger partial charge in [0, 0.05) is 16.3 Å². The average molecular weight is 306 g/mol. The summed E-state index contributed by atoms with van der Waals surface area (Å²) in [4.78, 5) is 10.6. The van der Waals surface area contributed by atoms with Crippen molar-refractivity contribution >= 4 is 50.3 Å². The molecule has 0 fully saturated rings. The van der Waals surface area contributed by atoms with E-state index in [1.54, 1.807) is 11.4 Å². The Bertz CT molecular complexity index is 478. The second kappa shape index (κ2) is 3.34. The van der Waals surface area contributed by atoms with Gasteiger partial charge in [-0.25, -0.2) is 4.39 Å². The van der Waals surface area contributed by atoms with Crippen LogP contribution in [0.25, 0.3) is 10.1 Å². The number of rotatable bonds is 1. The molecule has 0 bridgehead atoms. The molecule has 2 aromatic rings. The van der Waals surface area contributed by atoms with E-state index < -0.39 is 0 Å². The summed E-state index contributed by atoms with van der Waals surface area (Å²) >= 11 is 3.35. The molecule has 0 aliphatic heterocycles. The normalized spacial score (nSPS) is 10.6. The Balaban J connectivity index is 2.88. The van der Waals surface area contributed by atoms with Crippen molar-refractivity contribution in [2.75, 3.05) is 0 Å². The molecule has 0 saturated carbocycles. The fourth-order valence-electron chi connectivity index (χ4n) is 1.15. The van der Waals surface area contributed by atoms with Gasteiger partial charge >= 0.3 is 0 Å². The summed E-state index contributed by atoms with van der Waals surface area (Å²) in [6.07, 6.45) is 0.798. The molecule has 4 heteroatoms. The molecule has 1 heterocycles. The standard InChI is InChI=1S/C9H4FIOS/c10-7-2-1-6-5(3-12)4-13-9(6)8(7)11/h1-4H. The lowest BCUT2D eigenvalue weighted by molar-refractivity contribution is 0.112. The highest BCUT2D eigenvalue weighted by Crippen LogP contribution is 2.30. The van der Waals surface area contributed by atoms with Crippen molar-refractivity contribution in [3.63, 3.8) is 0 Å². The molecule has 13 heavy (non-hydrogen) atoms. The summed E-state index contributed by atoms with van der Waals surface area (Å²) in [5, 5.41) is 2.59. The van der Waals surface area contributed by atoms with Crippen molar-refractivity contribution in [1.29, 1.82) is 0 Å². The Morgan fingerprint density at radius 2 is 2.23 bits per heavy atom. The largest absolute Gasteiger partial charge is 0.298 e. The highest BCUT2D eigenvalue weighted by molar-refractivity contribution is 14.1. The van der Waals surface area contributed by atoms with Crippen LogP contribution in [0.1, 0.15) is 10.4 Å². The van der Waals surface area contributed by atoms with Crippen molar-refractivity contribution in [2.45, 2.75) is 0 Å². The fraction of sp³-hybridized carbons (Fsp3) is 0. The molecule has 0 unspecified atom stereocenters. The summed E-state index contributed by atoms with van der Waals surface area (Å²) in [7, 11) is 0. The fourth-order valence-corrected chi connectivity index (χ4v) is 2.94. The maximum absolute atomic E-state index is 13.1. The van der Waals surface area contributed by atoms with Crippen LogP contribution in [-0.2, 0) is 0 Å². The molecule has 1 aromatic heterocycles. The summed E-state index contributed by atoms with van der Waals surface area (Å²) in [6, 6.07) is 3.04. The highest BCUT2D eigenvalue weighted by atomic mass is 127. The molecule has 0 spiro atoms. The van der Waals surface area contributed by atoms with Crippen LogP contribution in [0.5, 0.6) is 0 Å². The van der Waals surface area contributed by atoms with E-state index in [1.807, 2.05) is 22.6 Å². The average Bonchev–Trinajstić information content (AvgIpc) is 2.55. The third-order valence-corrected chi connectivity index (χ3v) is 4.24. The summed E-state index contributed by atoms with van der Waals surface area (Å²) in [5.41, 5.74) is 0.637. The first-order valence-corrected chi connectivity index (χ1v) is 5.50. The van der Waals surface area contributed by atoms with E-state index in [0.717, 1.165) is 16.4 Å². The molecule has 0 amide bonds. The summed E-state index contributed by atoms with van der Waals surface area (Å²) in [5.74, 6) is -0.229. The molecular weight excluding hydrogens is 302 g/mol. The molecule has 0 aliphatic rings. The van der Waals surface area contributed by atoms with Crippen LogP contribution in [0.2, 0.25) is 0 Å². The molecule has 0 N–H and O–H groups in total. The lowest BCUT2D eigenvalue weighted by Gasteiger charge is -1.95. The Kier molecular flexibility index (Phi) is 2.33. The number of thiophene rings is 1. The lowest BCUT2D eigenvalue weighted by atomic mass is 10.2. The van der Waals surface area contributed by atoms with Crippen LogP contribution in [0.4, 0.5) is 4.39 Å². The number of hydrogen-bond donors (Lipinski definition) is 0. The number of carbonyl (C=O) groups is 1. The van der Waals surface area contributed by atoms with Gasteiger partial charge in [0.25, 0.3) is 0 Å². The molecule has 1 aromatic carbocycles. The van der Waals surface area contributed by atoms with Gasteiger partial charge in [-0.15, -0.1) is 11.3 Å². The zero-order valence-corrected chi connectivity index (χ0v) is 9.36. The topological polar surface area (TPSA) is 17.1 Å². The van der Waals surface area contributed by atoms with Crippen molar-refractivity contribution in [3.05, 3.63) is 32.5 Å². The van der Waals surface area contributed by atoms with E-state index >= 15 is 0 Å². The zero-order valence-electron chi connectivity index (χ0n) is 6.38. The van der Waals surface area contributed by atoms with Crippen molar-refractivity contribution in [3.8, 4) is 0 Å². The summed E-state index contributed by atoms with van der Waals surface area (Å²) in [6.45, 7) is 0. The van der Waals surface area contributed by atoms with Gasteiger partial charge in [0.2, 0.25) is 0 Å². The Hall–Kier alpha value is -0.490. The van der Waals surface area contributed by atoms with Crippen molar-refractivity contribution in [1.82, 2.24) is 0 Å². The van der Waals surface area contributed by atoms with Gasteiger partial charge in [-0.1, -0.05) is 0 Å². The molecule has 66 valence electrons. The molecule has 0 atom stereocenters. The second-order valence-corrected chi connectivity index (χ2v) is 4.51. The van der Waals surface area contributed by atoms with Gasteiger partial charge in [-0.2, -0.15) is 0 Å². The quantitative estimate of drug-likeness (QED) is 0.582. The number of benzene rings is 1. The van der Waals surface area contributed by atoms with Crippen LogP contribution in [0.3, 0.4) is 0 Å². The first-order valence-electron chi connectivity index (χ1n) is 3.54. The molecule has 0 saturated heterocycles. The first-order chi connectivity index (χ1) is 6.24. The number of hydrogen-bond acceptors (Lipinski definition) is 2. The van der Waals surface area contributed by atoms with Crippen LogP contribution in [-0.4, -0.2) is 6.29 Å². The second-order valence-electron chi connectivity index (χ2n) is 2.55. The van der Waals surface area contributed by atoms with E-state index in [9.17, 15) is 9.18 Å². The van der Waals surface area contributed by atoms with Gasteiger partial charge in [0.1, 0.15) is 5.82 Å². The molecule has 0 radical (unpaired) electrons. The van der Waals surface area contributed by atoms with Gasteiger partial charge in [-0.05, 0) is 34.7 Å². The van der Waals surface area contributed by atoms with Crippen LogP contribution >= 0.6 is 33.9 Å². The molecule has 2 rings (SSSR count). The minimum atomic E-state index is -0.229. The van der Waals surface area contributed by atoms with Crippen molar-refractivity contribution in [2.24, 2.45) is 0 Å². The van der Waals surface area contributed by atoms with Crippen molar-refractivity contribution < 1.29 is 9.18 Å². The van der Waals surface area contributed by atoms with Gasteiger partial charge in [0.15, 0.2) is 6.29 Å². The Morgan fingerprint density at radius 3 is 2.92 bits per heavy atom. The highest BCUT2D eigenvalue weighted by Gasteiger charge is 2.09. The summed E-state index contributed by atoms with van der Waals surface area (Å²) < 4.78 is 14.5. The number of fused-ring (bicyclic) bond motifs is 1. The lowest BCUT2D eigenvalue weighted by Crippen LogP contribution is -1.81. The molecule has 1 nitrogen and oxygen atoms in total. The minimum absolute atomic E-state index is 0.229. The van der Waals surface area contributed by atoms with E-state index in [-0.39, 0.29) is 5.82 Å². The maximum atomic E-state index is 13.1. The van der Waals surface area contributed by atoms with Gasteiger partial charge in [-0.3, -0.25) is 4.79 Å². The van der Waals surface area contributed by atoms with Gasteiger partial charge in [0.05, 0.1) is 8.27 Å². The Labute approximate surface area is 91.7 Å². The third-order valence-electron chi connectivity index (χ3n) is 1.79. The SMILES string of the molecule is O=Cc1csc2c(I)c(F)ccc12. The number of carbonyl (C=O) groups excluding carboxylic acids is 1. The maximum Gasteiger partial charge on any atom is 0.151 e. The van der Waals surface area contributed by atoms with E-state index in [0.29, 0.717) is 9.13 Å². The monoisotopic (exact) mass is 306 g/mol. The Morgan fingerprint density at radius 1 is 1.46 bits per heavy atom. The third kappa shape index (κ3) is 1.38. The smallest absolute Gasteiger partial charge is 0.151 e. The van der Waals surface area contributed by atoms with Crippen LogP contribution < -0.4 is 0 Å². The number of halogens is 2. The van der Waals surface area contributed by atoms with E-state index in [1.165, 1.54) is 17.4 Å². The van der Waals surface area contributed by atoms with Crippen LogP contribution in [0.15, 0.2) is 17.5 Å². The minimum Gasteiger partial charge on any atom is -0.298 e. The first kappa shape index (κ1) is 9.08. The molecule has 0 aliphatic carbocycles. The predicted octanol–water partition coefficient (Wildman–Crippen LogP) is 3.46. The molecular formula is C9H4FIOS. The zero-order chi connectivity index (χ0) is 9.42. The van der Waals surface area contributed by atoms with E-state index in [4.69, 9.17) is 0 Å². The van der Waals surface area contributed by atoms with Crippen LogP contribution in [0, 0.1) is 9.39 Å². The van der Waals surface area contributed by atoms with E-state index in [2.05, 4.69) is 0 Å². The van der Waals surface area contributed by atoms with Gasteiger partial charge < -0.3 is 0 Å². The predicted molar refractivity (Wildman–Crippen MR) is 59.9 cm³/mol. The number of aldehydes is 1.